The van der Waals surface area contributed by atoms with Crippen LogP contribution >= 0.6 is 0 Å². The fourth-order valence-electron chi connectivity index (χ4n) is 2.02. The fraction of sp³-hybridized carbons (Fsp3) is 0.462. The van der Waals surface area contributed by atoms with Crippen LogP contribution in [0, 0.1) is 0 Å². The summed E-state index contributed by atoms with van der Waals surface area (Å²) in [6.07, 6.45) is 2.53. The lowest BCUT2D eigenvalue weighted by Crippen LogP contribution is -2.13. The summed E-state index contributed by atoms with van der Waals surface area (Å²) in [5.41, 5.74) is 7.68. The van der Waals surface area contributed by atoms with Gasteiger partial charge in [0, 0.05) is 28.9 Å². The van der Waals surface area contributed by atoms with Crippen LogP contribution in [0.25, 0.3) is 11.0 Å². The molecule has 0 saturated carbocycles. The number of fused-ring (bicyclic) bond motifs is 1. The van der Waals surface area contributed by atoms with Crippen molar-refractivity contribution >= 4 is 27.8 Å². The summed E-state index contributed by atoms with van der Waals surface area (Å²) in [6.45, 7) is 2.68. The molecule has 0 radical (unpaired) electrons. The maximum Gasteiger partial charge on any atom is 0.201 e. The number of nitrogen functional groups attached to an aromatic ring is 1. The van der Waals surface area contributed by atoms with E-state index in [4.69, 9.17) is 10.5 Å². The van der Waals surface area contributed by atoms with E-state index >= 15 is 0 Å². The highest BCUT2D eigenvalue weighted by Crippen LogP contribution is 2.27. The second kappa shape index (κ2) is 5.61. The highest BCUT2D eigenvalue weighted by atomic mass is 32.2. The van der Waals surface area contributed by atoms with Crippen LogP contribution < -0.4 is 10.5 Å². The smallest absolute Gasteiger partial charge is 0.201 e. The highest BCUT2D eigenvalue weighted by Gasteiger charge is 2.13. The quantitative estimate of drug-likeness (QED) is 0.907. The average molecular weight is 281 g/mol. The van der Waals surface area contributed by atoms with Gasteiger partial charge < -0.3 is 15.0 Å². The van der Waals surface area contributed by atoms with Gasteiger partial charge in [0.15, 0.2) is 0 Å². The van der Waals surface area contributed by atoms with Gasteiger partial charge in [-0.05, 0) is 18.6 Å². The van der Waals surface area contributed by atoms with Gasteiger partial charge >= 0.3 is 0 Å². The van der Waals surface area contributed by atoms with Gasteiger partial charge in [-0.15, -0.1) is 0 Å². The third-order valence-electron chi connectivity index (χ3n) is 3.32. The summed E-state index contributed by atoms with van der Waals surface area (Å²) in [6, 6.07) is 5.75. The van der Waals surface area contributed by atoms with E-state index in [2.05, 4.69) is 4.98 Å². The molecule has 0 fully saturated rings. The van der Waals surface area contributed by atoms with Gasteiger partial charge in [-0.25, -0.2) is 4.98 Å². The minimum absolute atomic E-state index is 0.141. The van der Waals surface area contributed by atoms with Crippen LogP contribution in [-0.2, 0) is 17.3 Å². The lowest BCUT2D eigenvalue weighted by Gasteiger charge is -2.10. The summed E-state index contributed by atoms with van der Waals surface area (Å²) in [5, 5.41) is 0.141. The first-order valence-corrected chi connectivity index (χ1v) is 7.77. The normalized spacial score (nSPS) is 14.5. The number of imidazole rings is 1. The molecule has 1 aromatic heterocycles. The van der Waals surface area contributed by atoms with Crippen LogP contribution in [0.3, 0.4) is 0 Å². The highest BCUT2D eigenvalue weighted by molar-refractivity contribution is 7.84. The van der Waals surface area contributed by atoms with E-state index in [0.717, 1.165) is 23.2 Å². The number of anilines is 1. The molecular weight excluding hydrogens is 262 g/mol. The molecule has 2 atom stereocenters. The zero-order valence-electron chi connectivity index (χ0n) is 11.4. The molecule has 1 heterocycles. The SMILES string of the molecule is COc1cccc2c1nc(N)n2CCC(C)S(C)=O. The molecule has 19 heavy (non-hydrogen) atoms. The van der Waals surface area contributed by atoms with Crippen LogP contribution in [0.5, 0.6) is 5.75 Å². The monoisotopic (exact) mass is 281 g/mol. The lowest BCUT2D eigenvalue weighted by atomic mass is 10.2. The van der Waals surface area contributed by atoms with Crippen LogP contribution in [0.1, 0.15) is 13.3 Å². The molecule has 0 aliphatic carbocycles. The molecule has 6 heteroatoms. The molecule has 0 aliphatic rings. The summed E-state index contributed by atoms with van der Waals surface area (Å²) < 4.78 is 18.6. The number of benzene rings is 1. The predicted octanol–water partition coefficient (Wildman–Crippen LogP) is 1.78. The van der Waals surface area contributed by atoms with E-state index < -0.39 is 10.8 Å². The molecule has 0 aliphatic heterocycles. The average Bonchev–Trinajstić information content (AvgIpc) is 2.71. The topological polar surface area (TPSA) is 70.1 Å². The molecule has 0 bridgehead atoms. The first-order chi connectivity index (χ1) is 9.04. The molecule has 5 nitrogen and oxygen atoms in total. The number of hydrogen-bond acceptors (Lipinski definition) is 4. The number of nitrogens with zero attached hydrogens (tertiary/aromatic N) is 2. The van der Waals surface area contributed by atoms with Crippen molar-refractivity contribution in [2.24, 2.45) is 0 Å². The van der Waals surface area contributed by atoms with E-state index in [1.807, 2.05) is 29.7 Å². The number of aryl methyl sites for hydroxylation is 1. The van der Waals surface area contributed by atoms with Gasteiger partial charge in [0.25, 0.3) is 0 Å². The number of rotatable bonds is 5. The van der Waals surface area contributed by atoms with E-state index in [1.165, 1.54) is 0 Å². The zero-order valence-corrected chi connectivity index (χ0v) is 12.2. The van der Waals surface area contributed by atoms with E-state index in [1.54, 1.807) is 13.4 Å². The molecule has 1 aromatic carbocycles. The minimum Gasteiger partial charge on any atom is -0.494 e. The molecule has 2 N–H and O–H groups in total. The standard InChI is InChI=1S/C13H19N3O2S/c1-9(19(3)17)7-8-16-10-5-4-6-11(18-2)12(10)15-13(16)14/h4-6,9H,7-8H2,1-3H3,(H2,14,15). The maximum atomic E-state index is 11.4. The third-order valence-corrected chi connectivity index (χ3v) is 4.69. The van der Waals surface area contributed by atoms with Crippen molar-refractivity contribution in [3.63, 3.8) is 0 Å². The molecule has 0 amide bonds. The number of para-hydroxylation sites is 1. The number of nitrogens with two attached hydrogens (primary N) is 1. The largest absolute Gasteiger partial charge is 0.494 e. The number of hydrogen-bond donors (Lipinski definition) is 1. The second-order valence-electron chi connectivity index (χ2n) is 4.55. The van der Waals surface area contributed by atoms with Crippen molar-refractivity contribution in [1.82, 2.24) is 9.55 Å². The van der Waals surface area contributed by atoms with Crippen LogP contribution in [0.2, 0.25) is 0 Å². The van der Waals surface area contributed by atoms with Crippen LogP contribution in [-0.4, -0.2) is 32.4 Å². The van der Waals surface area contributed by atoms with Crippen molar-refractivity contribution in [2.45, 2.75) is 25.1 Å². The van der Waals surface area contributed by atoms with Gasteiger partial charge in [0.1, 0.15) is 11.3 Å². The van der Waals surface area contributed by atoms with Crippen molar-refractivity contribution < 1.29 is 8.95 Å². The zero-order chi connectivity index (χ0) is 14.0. The summed E-state index contributed by atoms with van der Waals surface area (Å²) in [5.74, 6) is 1.18. The number of aromatic nitrogens is 2. The predicted molar refractivity (Wildman–Crippen MR) is 78.8 cm³/mol. The fourth-order valence-corrected chi connectivity index (χ4v) is 2.45. The minimum atomic E-state index is -0.817. The van der Waals surface area contributed by atoms with Gasteiger partial charge in [-0.2, -0.15) is 0 Å². The second-order valence-corrected chi connectivity index (χ2v) is 6.35. The van der Waals surface area contributed by atoms with Gasteiger partial charge in [-0.1, -0.05) is 13.0 Å². The Kier molecular flexibility index (Phi) is 4.09. The first-order valence-electron chi connectivity index (χ1n) is 6.15. The molecular formula is C13H19N3O2S. The lowest BCUT2D eigenvalue weighted by molar-refractivity contribution is 0.419. The van der Waals surface area contributed by atoms with Crippen molar-refractivity contribution in [2.75, 3.05) is 19.1 Å². The van der Waals surface area contributed by atoms with E-state index in [9.17, 15) is 4.21 Å². The molecule has 104 valence electrons. The molecule has 2 rings (SSSR count). The van der Waals surface area contributed by atoms with Gasteiger partial charge in [0.05, 0.1) is 12.6 Å². The van der Waals surface area contributed by atoms with E-state index in [0.29, 0.717) is 12.5 Å². The maximum absolute atomic E-state index is 11.4. The summed E-state index contributed by atoms with van der Waals surface area (Å²) >= 11 is 0. The summed E-state index contributed by atoms with van der Waals surface area (Å²) in [7, 11) is 0.800. The Morgan fingerprint density at radius 2 is 2.26 bits per heavy atom. The van der Waals surface area contributed by atoms with Crippen LogP contribution in [0.4, 0.5) is 5.95 Å². The van der Waals surface area contributed by atoms with Gasteiger partial charge in [0.2, 0.25) is 5.95 Å². The molecule has 0 spiro atoms. The Bertz CT molecular complexity index is 609. The van der Waals surface area contributed by atoms with Gasteiger partial charge in [-0.3, -0.25) is 4.21 Å². The summed E-state index contributed by atoms with van der Waals surface area (Å²) in [4.78, 5) is 4.35. The molecule has 2 aromatic rings. The Hall–Kier alpha value is -1.56. The Balaban J connectivity index is 2.33. The molecule has 0 saturated heterocycles. The van der Waals surface area contributed by atoms with Crippen LogP contribution in [0.15, 0.2) is 18.2 Å². The number of ether oxygens (including phenoxy) is 1. The Morgan fingerprint density at radius 3 is 2.89 bits per heavy atom. The van der Waals surface area contributed by atoms with Crippen molar-refractivity contribution in [3.8, 4) is 5.75 Å². The molecule has 2 unspecified atom stereocenters. The Morgan fingerprint density at radius 1 is 1.53 bits per heavy atom. The van der Waals surface area contributed by atoms with Crippen molar-refractivity contribution in [3.05, 3.63) is 18.2 Å². The van der Waals surface area contributed by atoms with E-state index in [-0.39, 0.29) is 5.25 Å². The number of methoxy groups -OCH3 is 1. The Labute approximate surface area is 115 Å². The first kappa shape index (κ1) is 13.9. The third kappa shape index (κ3) is 2.73. The van der Waals surface area contributed by atoms with Crippen molar-refractivity contribution in [1.29, 1.82) is 0 Å².